The zero-order valence-corrected chi connectivity index (χ0v) is 11.8. The second kappa shape index (κ2) is 7.05. The van der Waals surface area contributed by atoms with Crippen molar-refractivity contribution >= 4 is 21.7 Å². The van der Waals surface area contributed by atoms with Crippen molar-refractivity contribution in [1.29, 1.82) is 0 Å². The van der Waals surface area contributed by atoms with E-state index in [-0.39, 0.29) is 18.2 Å². The number of anilines is 1. The average molecular weight is 286 g/mol. The van der Waals surface area contributed by atoms with Crippen LogP contribution in [-0.2, 0) is 10.0 Å². The average Bonchev–Trinajstić information content (AvgIpc) is 2.38. The van der Waals surface area contributed by atoms with Crippen LogP contribution in [-0.4, -0.2) is 45.2 Å². The summed E-state index contributed by atoms with van der Waals surface area (Å²) < 4.78 is 25.0. The van der Waals surface area contributed by atoms with Gasteiger partial charge < -0.3 is 10.6 Å². The molecule has 19 heavy (non-hydrogen) atoms. The van der Waals surface area contributed by atoms with E-state index in [4.69, 9.17) is 0 Å². The van der Waals surface area contributed by atoms with E-state index in [0.29, 0.717) is 17.9 Å². The predicted molar refractivity (Wildman–Crippen MR) is 73.6 cm³/mol. The van der Waals surface area contributed by atoms with Crippen LogP contribution in [0.2, 0.25) is 0 Å². The molecule has 1 rings (SSSR count). The fraction of sp³-hybridized carbons (Fsp3) is 0.455. The fourth-order valence-electron chi connectivity index (χ4n) is 1.37. The molecule has 1 aromatic heterocycles. The number of rotatable bonds is 7. The summed E-state index contributed by atoms with van der Waals surface area (Å²) in [5.41, 5.74) is 0.389. The summed E-state index contributed by atoms with van der Waals surface area (Å²) in [5.74, 6) is 0.169. The summed E-state index contributed by atoms with van der Waals surface area (Å²) in [6.45, 7) is 2.10. The van der Waals surface area contributed by atoms with E-state index < -0.39 is 10.0 Å². The highest BCUT2D eigenvalue weighted by atomic mass is 32.2. The molecule has 0 fully saturated rings. The minimum atomic E-state index is -3.31. The zero-order valence-electron chi connectivity index (χ0n) is 10.9. The molecule has 0 spiro atoms. The van der Waals surface area contributed by atoms with Gasteiger partial charge in [0.15, 0.2) is 0 Å². The van der Waals surface area contributed by atoms with Gasteiger partial charge in [0.2, 0.25) is 10.0 Å². The Bertz CT molecular complexity index is 513. The summed E-state index contributed by atoms with van der Waals surface area (Å²) in [5, 5.41) is 5.37. The lowest BCUT2D eigenvalue weighted by molar-refractivity contribution is 0.0956. The highest BCUT2D eigenvalue weighted by Crippen LogP contribution is 2.03. The number of nitrogens with zero attached hydrogens (tertiary/aromatic N) is 1. The number of pyridine rings is 1. The first-order valence-electron chi connectivity index (χ1n) is 5.88. The van der Waals surface area contributed by atoms with E-state index in [1.165, 1.54) is 6.20 Å². The lowest BCUT2D eigenvalue weighted by Crippen LogP contribution is -2.34. The van der Waals surface area contributed by atoms with Crippen molar-refractivity contribution in [2.45, 2.75) is 6.92 Å². The van der Waals surface area contributed by atoms with Crippen molar-refractivity contribution in [3.05, 3.63) is 23.9 Å². The molecule has 0 aromatic carbocycles. The molecule has 0 saturated carbocycles. The monoisotopic (exact) mass is 286 g/mol. The Balaban J connectivity index is 2.47. The fourth-order valence-corrected chi connectivity index (χ4v) is 2.32. The van der Waals surface area contributed by atoms with E-state index in [9.17, 15) is 13.2 Å². The molecule has 1 heterocycles. The quantitative estimate of drug-likeness (QED) is 0.644. The van der Waals surface area contributed by atoms with E-state index in [2.05, 4.69) is 20.3 Å². The molecule has 7 nitrogen and oxygen atoms in total. The molecule has 106 valence electrons. The lowest BCUT2D eigenvalue weighted by atomic mass is 10.2. The van der Waals surface area contributed by atoms with Crippen LogP contribution in [0, 0.1) is 0 Å². The molecule has 0 saturated heterocycles. The first-order chi connectivity index (χ1) is 8.98. The van der Waals surface area contributed by atoms with Crippen LogP contribution in [0.4, 0.5) is 5.82 Å². The van der Waals surface area contributed by atoms with Gasteiger partial charge in [0.1, 0.15) is 5.82 Å². The Morgan fingerprint density at radius 2 is 2.11 bits per heavy atom. The summed E-state index contributed by atoms with van der Waals surface area (Å²) >= 11 is 0. The molecule has 1 aromatic rings. The molecule has 0 aliphatic carbocycles. The highest BCUT2D eigenvalue weighted by Gasteiger charge is 2.10. The third-order valence-corrected chi connectivity index (χ3v) is 3.77. The van der Waals surface area contributed by atoms with Gasteiger partial charge in [-0.05, 0) is 12.1 Å². The van der Waals surface area contributed by atoms with Gasteiger partial charge >= 0.3 is 0 Å². The Labute approximate surface area is 112 Å². The number of nitrogens with one attached hydrogen (secondary N) is 3. The van der Waals surface area contributed by atoms with Crippen molar-refractivity contribution in [3.8, 4) is 0 Å². The third-order valence-electron chi connectivity index (χ3n) is 2.30. The van der Waals surface area contributed by atoms with Crippen LogP contribution in [0.15, 0.2) is 18.3 Å². The van der Waals surface area contributed by atoms with E-state index in [0.717, 1.165) is 0 Å². The molecule has 0 atom stereocenters. The number of hydrogen-bond acceptors (Lipinski definition) is 5. The normalized spacial score (nSPS) is 11.1. The first-order valence-corrected chi connectivity index (χ1v) is 7.53. The van der Waals surface area contributed by atoms with Crippen molar-refractivity contribution in [1.82, 2.24) is 15.0 Å². The maximum absolute atomic E-state index is 11.7. The summed E-state index contributed by atoms with van der Waals surface area (Å²) in [6.07, 6.45) is 1.43. The Kier molecular flexibility index (Phi) is 5.71. The first kappa shape index (κ1) is 15.4. The number of carbonyl (C=O) groups excluding carboxylic acids is 1. The van der Waals surface area contributed by atoms with Crippen molar-refractivity contribution in [2.24, 2.45) is 0 Å². The van der Waals surface area contributed by atoms with Crippen LogP contribution in [0.5, 0.6) is 0 Å². The Hall–Kier alpha value is -1.67. The Morgan fingerprint density at radius 3 is 2.63 bits per heavy atom. The number of hydrogen-bond donors (Lipinski definition) is 3. The molecule has 0 radical (unpaired) electrons. The molecule has 0 unspecified atom stereocenters. The largest absolute Gasteiger partial charge is 0.373 e. The van der Waals surface area contributed by atoms with Crippen LogP contribution in [0.25, 0.3) is 0 Å². The molecule has 1 amide bonds. The van der Waals surface area contributed by atoms with Gasteiger partial charge in [-0.3, -0.25) is 4.79 Å². The smallest absolute Gasteiger partial charge is 0.252 e. The van der Waals surface area contributed by atoms with Crippen LogP contribution in [0.1, 0.15) is 17.3 Å². The molecule has 0 bridgehead atoms. The summed E-state index contributed by atoms with van der Waals surface area (Å²) in [6, 6.07) is 3.29. The van der Waals surface area contributed by atoms with E-state index in [1.807, 2.05) is 0 Å². The van der Waals surface area contributed by atoms with Gasteiger partial charge in [-0.25, -0.2) is 18.1 Å². The van der Waals surface area contributed by atoms with Gasteiger partial charge in [-0.15, -0.1) is 0 Å². The third kappa shape index (κ3) is 5.23. The standard InChI is InChI=1S/C11H18N4O3S/c1-3-15-19(17,18)7-6-13-11(16)9-4-5-10(12-2)14-8-9/h4-5,8,15H,3,6-7H2,1-2H3,(H,12,14)(H,13,16). The zero-order chi connectivity index (χ0) is 14.3. The number of carbonyl (C=O) groups is 1. The Morgan fingerprint density at radius 1 is 1.37 bits per heavy atom. The maximum atomic E-state index is 11.7. The number of amides is 1. The van der Waals surface area contributed by atoms with Gasteiger partial charge in [0.25, 0.3) is 5.91 Å². The van der Waals surface area contributed by atoms with Crippen LogP contribution >= 0.6 is 0 Å². The van der Waals surface area contributed by atoms with Crippen molar-refractivity contribution in [3.63, 3.8) is 0 Å². The van der Waals surface area contributed by atoms with Gasteiger partial charge in [-0.2, -0.15) is 0 Å². The SMILES string of the molecule is CCNS(=O)(=O)CCNC(=O)c1ccc(NC)nc1. The van der Waals surface area contributed by atoms with Crippen LogP contribution in [0.3, 0.4) is 0 Å². The minimum Gasteiger partial charge on any atom is -0.373 e. The van der Waals surface area contributed by atoms with Crippen molar-refractivity contribution < 1.29 is 13.2 Å². The summed E-state index contributed by atoms with van der Waals surface area (Å²) in [4.78, 5) is 15.7. The second-order valence-electron chi connectivity index (χ2n) is 3.75. The number of aromatic nitrogens is 1. The molecule has 0 aliphatic heterocycles. The molecular weight excluding hydrogens is 268 g/mol. The predicted octanol–water partition coefficient (Wildman–Crippen LogP) is -0.208. The topological polar surface area (TPSA) is 100 Å². The summed E-state index contributed by atoms with van der Waals surface area (Å²) in [7, 11) is -1.58. The van der Waals surface area contributed by atoms with E-state index in [1.54, 1.807) is 26.1 Å². The molecule has 0 aliphatic rings. The van der Waals surface area contributed by atoms with E-state index >= 15 is 0 Å². The van der Waals surface area contributed by atoms with Crippen molar-refractivity contribution in [2.75, 3.05) is 31.2 Å². The molecular formula is C11H18N4O3S. The maximum Gasteiger partial charge on any atom is 0.252 e. The highest BCUT2D eigenvalue weighted by molar-refractivity contribution is 7.89. The van der Waals surface area contributed by atoms with Gasteiger partial charge in [0.05, 0.1) is 11.3 Å². The molecule has 8 heteroatoms. The second-order valence-corrected chi connectivity index (χ2v) is 5.68. The lowest BCUT2D eigenvalue weighted by Gasteiger charge is -2.07. The minimum absolute atomic E-state index is 0.0575. The van der Waals surface area contributed by atoms with Crippen LogP contribution < -0.4 is 15.4 Å². The number of sulfonamides is 1. The molecule has 3 N–H and O–H groups in total. The van der Waals surface area contributed by atoms with Gasteiger partial charge in [-0.1, -0.05) is 6.92 Å². The van der Waals surface area contributed by atoms with Gasteiger partial charge in [0, 0.05) is 26.3 Å².